The van der Waals surface area contributed by atoms with Gasteiger partial charge in [-0.1, -0.05) is 12.1 Å². The van der Waals surface area contributed by atoms with Crippen LogP contribution in [-0.4, -0.2) is 13.1 Å². The molecule has 1 fully saturated rings. The van der Waals surface area contributed by atoms with Gasteiger partial charge in [-0.2, -0.15) is 0 Å². The minimum atomic E-state index is -0.126. The van der Waals surface area contributed by atoms with E-state index < -0.39 is 0 Å². The molecule has 1 aromatic rings. The van der Waals surface area contributed by atoms with Crippen molar-refractivity contribution in [3.8, 4) is 0 Å². The van der Waals surface area contributed by atoms with Gasteiger partial charge in [0, 0.05) is 6.54 Å². The smallest absolute Gasteiger partial charge is 0.123 e. The molecule has 1 heterocycles. The molecular weight excluding hydrogens is 189 g/mol. The van der Waals surface area contributed by atoms with Gasteiger partial charge < -0.3 is 5.32 Å². The molecular formula is C10H13ClFN. The predicted octanol–water partition coefficient (Wildman–Crippen LogP) is 2.32. The molecule has 0 saturated carbocycles. The van der Waals surface area contributed by atoms with Crippen molar-refractivity contribution >= 4 is 12.4 Å². The van der Waals surface area contributed by atoms with Crippen LogP contribution in [0, 0.1) is 5.82 Å². The number of rotatable bonds is 1. The Hall–Kier alpha value is -0.600. The maximum absolute atomic E-state index is 12.8. The van der Waals surface area contributed by atoms with Gasteiger partial charge in [0.25, 0.3) is 0 Å². The Balaban J connectivity index is 0.000000845. The number of hydrogen-bond donors (Lipinski definition) is 1. The Morgan fingerprint density at radius 3 is 2.85 bits per heavy atom. The highest BCUT2D eigenvalue weighted by atomic mass is 35.5. The van der Waals surface area contributed by atoms with Gasteiger partial charge in [0.2, 0.25) is 0 Å². The summed E-state index contributed by atoms with van der Waals surface area (Å²) in [6, 6.07) is 6.91. The van der Waals surface area contributed by atoms with Gasteiger partial charge in [-0.05, 0) is 36.6 Å². The van der Waals surface area contributed by atoms with Crippen molar-refractivity contribution < 1.29 is 4.39 Å². The molecule has 1 atom stereocenters. The lowest BCUT2D eigenvalue weighted by atomic mass is 9.99. The monoisotopic (exact) mass is 201 g/mol. The third-order valence-electron chi connectivity index (χ3n) is 2.38. The van der Waals surface area contributed by atoms with Crippen LogP contribution in [0.4, 0.5) is 4.39 Å². The third kappa shape index (κ3) is 2.42. The van der Waals surface area contributed by atoms with Crippen molar-refractivity contribution in [2.45, 2.75) is 12.3 Å². The standard InChI is InChI=1S/C10H12FN.ClH/c11-10-3-1-2-8(6-10)9-4-5-12-7-9;/h1-3,6,9,12H,4-5,7H2;1H. The zero-order chi connectivity index (χ0) is 8.39. The Morgan fingerprint density at radius 2 is 2.23 bits per heavy atom. The Bertz CT molecular complexity index is 271. The van der Waals surface area contributed by atoms with E-state index in [0.29, 0.717) is 5.92 Å². The third-order valence-corrected chi connectivity index (χ3v) is 2.38. The van der Waals surface area contributed by atoms with Crippen LogP contribution < -0.4 is 5.32 Å². The lowest BCUT2D eigenvalue weighted by molar-refractivity contribution is 0.621. The Kier molecular flexibility index (Phi) is 3.70. The molecule has 0 radical (unpaired) electrons. The van der Waals surface area contributed by atoms with Crippen molar-refractivity contribution in [2.75, 3.05) is 13.1 Å². The first kappa shape index (κ1) is 10.5. The Morgan fingerprint density at radius 1 is 1.38 bits per heavy atom. The van der Waals surface area contributed by atoms with E-state index in [1.165, 1.54) is 6.07 Å². The van der Waals surface area contributed by atoms with Crippen molar-refractivity contribution in [3.05, 3.63) is 35.6 Å². The topological polar surface area (TPSA) is 12.0 Å². The fourth-order valence-electron chi connectivity index (χ4n) is 1.70. The average Bonchev–Trinajstić information content (AvgIpc) is 2.56. The molecule has 0 bridgehead atoms. The fraction of sp³-hybridized carbons (Fsp3) is 0.400. The van der Waals surface area contributed by atoms with Gasteiger partial charge in [-0.3, -0.25) is 0 Å². The van der Waals surface area contributed by atoms with Crippen LogP contribution in [0.5, 0.6) is 0 Å². The quantitative estimate of drug-likeness (QED) is 0.736. The van der Waals surface area contributed by atoms with E-state index in [0.717, 1.165) is 25.1 Å². The number of halogens is 2. The summed E-state index contributed by atoms with van der Waals surface area (Å²) in [6.07, 6.45) is 1.13. The summed E-state index contributed by atoms with van der Waals surface area (Å²) in [7, 11) is 0. The molecule has 1 unspecified atom stereocenters. The van der Waals surface area contributed by atoms with Crippen molar-refractivity contribution in [1.82, 2.24) is 5.32 Å². The summed E-state index contributed by atoms with van der Waals surface area (Å²) in [4.78, 5) is 0. The molecule has 13 heavy (non-hydrogen) atoms. The second-order valence-electron chi connectivity index (χ2n) is 3.24. The molecule has 0 amide bonds. The van der Waals surface area contributed by atoms with Crippen LogP contribution in [0.15, 0.2) is 24.3 Å². The molecule has 1 N–H and O–H groups in total. The fourth-order valence-corrected chi connectivity index (χ4v) is 1.70. The minimum Gasteiger partial charge on any atom is -0.316 e. The summed E-state index contributed by atoms with van der Waals surface area (Å²) in [5.74, 6) is 0.389. The first-order valence-electron chi connectivity index (χ1n) is 4.32. The van der Waals surface area contributed by atoms with Gasteiger partial charge in [-0.25, -0.2) is 4.39 Å². The van der Waals surface area contributed by atoms with E-state index in [2.05, 4.69) is 5.32 Å². The second kappa shape index (κ2) is 4.58. The molecule has 0 spiro atoms. The summed E-state index contributed by atoms with van der Waals surface area (Å²) >= 11 is 0. The zero-order valence-corrected chi connectivity index (χ0v) is 8.11. The molecule has 72 valence electrons. The highest BCUT2D eigenvalue weighted by Gasteiger charge is 2.16. The van der Waals surface area contributed by atoms with E-state index in [9.17, 15) is 4.39 Å². The molecule has 0 aliphatic carbocycles. The second-order valence-corrected chi connectivity index (χ2v) is 3.24. The molecule has 3 heteroatoms. The van der Waals surface area contributed by atoms with Crippen LogP contribution in [0.2, 0.25) is 0 Å². The van der Waals surface area contributed by atoms with Crippen LogP contribution in [0.1, 0.15) is 17.9 Å². The van der Waals surface area contributed by atoms with Crippen molar-refractivity contribution in [3.63, 3.8) is 0 Å². The summed E-state index contributed by atoms with van der Waals surface area (Å²) < 4.78 is 12.8. The molecule has 1 nitrogen and oxygen atoms in total. The average molecular weight is 202 g/mol. The van der Waals surface area contributed by atoms with Gasteiger partial charge in [-0.15, -0.1) is 12.4 Å². The normalized spacial score (nSPS) is 21.2. The van der Waals surface area contributed by atoms with Gasteiger partial charge >= 0.3 is 0 Å². The van der Waals surface area contributed by atoms with E-state index >= 15 is 0 Å². The SMILES string of the molecule is Cl.Fc1cccc(C2CCNC2)c1. The molecule has 1 aliphatic rings. The van der Waals surface area contributed by atoms with Gasteiger partial charge in [0.15, 0.2) is 0 Å². The molecule has 1 aromatic carbocycles. The van der Waals surface area contributed by atoms with E-state index in [4.69, 9.17) is 0 Å². The van der Waals surface area contributed by atoms with Crippen LogP contribution in [-0.2, 0) is 0 Å². The van der Waals surface area contributed by atoms with E-state index in [1.807, 2.05) is 6.07 Å². The highest BCUT2D eigenvalue weighted by Crippen LogP contribution is 2.22. The zero-order valence-electron chi connectivity index (χ0n) is 7.29. The first-order valence-corrected chi connectivity index (χ1v) is 4.32. The largest absolute Gasteiger partial charge is 0.316 e. The molecule has 1 saturated heterocycles. The molecule has 2 rings (SSSR count). The first-order chi connectivity index (χ1) is 5.86. The lowest BCUT2D eigenvalue weighted by Gasteiger charge is -2.07. The maximum atomic E-state index is 12.8. The Labute approximate surface area is 83.8 Å². The van der Waals surface area contributed by atoms with Crippen molar-refractivity contribution in [2.24, 2.45) is 0 Å². The molecule has 0 aromatic heterocycles. The maximum Gasteiger partial charge on any atom is 0.123 e. The minimum absolute atomic E-state index is 0. The number of nitrogens with one attached hydrogen (secondary N) is 1. The van der Waals surface area contributed by atoms with Gasteiger partial charge in [0.1, 0.15) is 5.82 Å². The lowest BCUT2D eigenvalue weighted by Crippen LogP contribution is -2.07. The summed E-state index contributed by atoms with van der Waals surface area (Å²) in [6.45, 7) is 2.05. The van der Waals surface area contributed by atoms with Gasteiger partial charge in [0.05, 0.1) is 0 Å². The predicted molar refractivity (Wildman–Crippen MR) is 53.9 cm³/mol. The van der Waals surface area contributed by atoms with Crippen LogP contribution in [0.3, 0.4) is 0 Å². The van der Waals surface area contributed by atoms with Crippen LogP contribution >= 0.6 is 12.4 Å². The van der Waals surface area contributed by atoms with Crippen LogP contribution in [0.25, 0.3) is 0 Å². The number of benzene rings is 1. The summed E-state index contributed by atoms with van der Waals surface area (Å²) in [5.41, 5.74) is 1.13. The summed E-state index contributed by atoms with van der Waals surface area (Å²) in [5, 5.41) is 3.27. The highest BCUT2D eigenvalue weighted by molar-refractivity contribution is 5.85. The van der Waals surface area contributed by atoms with E-state index in [1.54, 1.807) is 12.1 Å². The van der Waals surface area contributed by atoms with E-state index in [-0.39, 0.29) is 18.2 Å². The van der Waals surface area contributed by atoms with Crippen molar-refractivity contribution in [1.29, 1.82) is 0 Å². The number of hydrogen-bond acceptors (Lipinski definition) is 1. The molecule has 1 aliphatic heterocycles.